The standard InChI is InChI=1S/C18H22F3N3O2/c1-12-3-2-4-14-15(12)13(11-23-14)5-8-22-16(25)24-9-6-17(26,7-10-24)18(19,20)21/h2-4,11,23,26H,5-10H2,1H3,(H,22,25). The van der Waals surface area contributed by atoms with E-state index >= 15 is 0 Å². The van der Waals surface area contributed by atoms with E-state index in [1.807, 2.05) is 31.3 Å². The van der Waals surface area contributed by atoms with Crippen LogP contribution in [0.1, 0.15) is 24.0 Å². The highest BCUT2D eigenvalue weighted by molar-refractivity contribution is 5.86. The number of hydrogen-bond acceptors (Lipinski definition) is 2. The molecule has 0 bridgehead atoms. The number of carbonyl (C=O) groups excluding carboxylic acids is 1. The number of amides is 2. The SMILES string of the molecule is Cc1cccc2[nH]cc(CCNC(=O)N3CCC(O)(C(F)(F)F)CC3)c12. The number of nitrogens with one attached hydrogen (secondary N) is 2. The monoisotopic (exact) mass is 369 g/mol. The Kier molecular flexibility index (Phi) is 4.88. The summed E-state index contributed by atoms with van der Waals surface area (Å²) in [5.74, 6) is 0. The molecule has 0 radical (unpaired) electrons. The number of piperidine rings is 1. The molecule has 0 aliphatic carbocycles. The van der Waals surface area contributed by atoms with E-state index in [0.717, 1.165) is 22.0 Å². The molecule has 0 unspecified atom stereocenters. The minimum Gasteiger partial charge on any atom is -0.380 e. The first-order valence-corrected chi connectivity index (χ1v) is 8.59. The number of likely N-dealkylation sites (tertiary alicyclic amines) is 1. The maximum Gasteiger partial charge on any atom is 0.417 e. The summed E-state index contributed by atoms with van der Waals surface area (Å²) < 4.78 is 38.4. The minimum atomic E-state index is -4.66. The van der Waals surface area contributed by atoms with Crippen LogP contribution in [0.5, 0.6) is 0 Å². The van der Waals surface area contributed by atoms with Gasteiger partial charge in [0.05, 0.1) is 0 Å². The molecule has 8 heteroatoms. The molecule has 1 aliphatic rings. The van der Waals surface area contributed by atoms with Crippen molar-refractivity contribution in [2.75, 3.05) is 19.6 Å². The Morgan fingerprint density at radius 1 is 1.35 bits per heavy atom. The molecule has 1 aliphatic heterocycles. The molecule has 2 heterocycles. The number of aliphatic hydroxyl groups is 1. The van der Waals surface area contributed by atoms with E-state index in [4.69, 9.17) is 0 Å². The van der Waals surface area contributed by atoms with Gasteiger partial charge in [0.2, 0.25) is 0 Å². The van der Waals surface area contributed by atoms with E-state index in [9.17, 15) is 23.1 Å². The maximum absolute atomic E-state index is 12.8. The van der Waals surface area contributed by atoms with Crippen molar-refractivity contribution in [2.45, 2.75) is 38.0 Å². The zero-order valence-electron chi connectivity index (χ0n) is 14.5. The van der Waals surface area contributed by atoms with Crippen molar-refractivity contribution in [1.29, 1.82) is 0 Å². The van der Waals surface area contributed by atoms with E-state index in [2.05, 4.69) is 10.3 Å². The highest BCUT2D eigenvalue weighted by atomic mass is 19.4. The molecule has 1 aromatic carbocycles. The van der Waals surface area contributed by atoms with Crippen LogP contribution >= 0.6 is 0 Å². The highest BCUT2D eigenvalue weighted by Crippen LogP contribution is 2.38. The van der Waals surface area contributed by atoms with Gasteiger partial charge in [0.1, 0.15) is 0 Å². The fraction of sp³-hybridized carbons (Fsp3) is 0.500. The number of H-pyrrole nitrogens is 1. The molecule has 1 saturated heterocycles. The largest absolute Gasteiger partial charge is 0.417 e. The van der Waals surface area contributed by atoms with Gasteiger partial charge in [0.15, 0.2) is 5.60 Å². The van der Waals surface area contributed by atoms with Gasteiger partial charge >= 0.3 is 12.2 Å². The molecule has 0 atom stereocenters. The van der Waals surface area contributed by atoms with Gasteiger partial charge in [-0.15, -0.1) is 0 Å². The van der Waals surface area contributed by atoms with Crippen LogP contribution in [-0.2, 0) is 6.42 Å². The lowest BCUT2D eigenvalue weighted by Crippen LogP contribution is -2.55. The summed E-state index contributed by atoms with van der Waals surface area (Å²) in [5.41, 5.74) is 0.579. The molecule has 0 spiro atoms. The summed E-state index contributed by atoms with van der Waals surface area (Å²) in [4.78, 5) is 16.7. The Bertz CT molecular complexity index is 793. The number of aromatic nitrogens is 1. The van der Waals surface area contributed by atoms with Gasteiger partial charge in [0, 0.05) is 49.6 Å². The second kappa shape index (κ2) is 6.83. The molecule has 1 aromatic heterocycles. The van der Waals surface area contributed by atoms with Gasteiger partial charge in [0.25, 0.3) is 0 Å². The number of halogens is 3. The average Bonchev–Trinajstić information content (AvgIpc) is 2.99. The number of nitrogens with zero attached hydrogens (tertiary/aromatic N) is 1. The Labute approximate surface area is 149 Å². The lowest BCUT2D eigenvalue weighted by molar-refractivity contribution is -0.271. The number of urea groups is 1. The molecule has 26 heavy (non-hydrogen) atoms. The first-order chi connectivity index (χ1) is 12.2. The normalized spacial score (nSPS) is 17.5. The summed E-state index contributed by atoms with van der Waals surface area (Å²) >= 11 is 0. The Morgan fingerprint density at radius 2 is 2.04 bits per heavy atom. The molecule has 2 amide bonds. The number of rotatable bonds is 3. The van der Waals surface area contributed by atoms with Crippen molar-refractivity contribution in [2.24, 2.45) is 0 Å². The Hall–Kier alpha value is -2.22. The quantitative estimate of drug-likeness (QED) is 0.778. The zero-order valence-corrected chi connectivity index (χ0v) is 14.5. The van der Waals surface area contributed by atoms with Gasteiger partial charge < -0.3 is 20.3 Å². The molecule has 5 nitrogen and oxygen atoms in total. The molecular weight excluding hydrogens is 347 g/mol. The van der Waals surface area contributed by atoms with Gasteiger partial charge in [-0.05, 0) is 30.5 Å². The van der Waals surface area contributed by atoms with Crippen LogP contribution in [0.3, 0.4) is 0 Å². The molecule has 2 aromatic rings. The van der Waals surface area contributed by atoms with Gasteiger partial charge in [-0.3, -0.25) is 0 Å². The number of hydrogen-bond donors (Lipinski definition) is 3. The zero-order chi connectivity index (χ0) is 18.9. The highest BCUT2D eigenvalue weighted by Gasteiger charge is 2.54. The fourth-order valence-corrected chi connectivity index (χ4v) is 3.43. The van der Waals surface area contributed by atoms with Crippen LogP contribution in [0.15, 0.2) is 24.4 Å². The second-order valence-corrected chi connectivity index (χ2v) is 6.81. The number of benzene rings is 1. The fourth-order valence-electron chi connectivity index (χ4n) is 3.43. The first kappa shape index (κ1) is 18.6. The first-order valence-electron chi connectivity index (χ1n) is 8.59. The van der Waals surface area contributed by atoms with Crippen LogP contribution in [0.4, 0.5) is 18.0 Å². The smallest absolute Gasteiger partial charge is 0.380 e. The van der Waals surface area contributed by atoms with E-state index < -0.39 is 30.7 Å². The van der Waals surface area contributed by atoms with Crippen molar-refractivity contribution >= 4 is 16.9 Å². The van der Waals surface area contributed by atoms with E-state index in [1.165, 1.54) is 4.90 Å². The van der Waals surface area contributed by atoms with Crippen molar-refractivity contribution in [3.05, 3.63) is 35.5 Å². The number of fused-ring (bicyclic) bond motifs is 1. The van der Waals surface area contributed by atoms with Gasteiger partial charge in [-0.1, -0.05) is 12.1 Å². The lowest BCUT2D eigenvalue weighted by atomic mass is 9.91. The number of carbonyl (C=O) groups is 1. The van der Waals surface area contributed by atoms with Crippen molar-refractivity contribution < 1.29 is 23.1 Å². The number of aromatic amines is 1. The van der Waals surface area contributed by atoms with Crippen molar-refractivity contribution in [3.63, 3.8) is 0 Å². The van der Waals surface area contributed by atoms with E-state index in [-0.39, 0.29) is 13.1 Å². The average molecular weight is 369 g/mol. The number of alkyl halides is 3. The summed E-state index contributed by atoms with van der Waals surface area (Å²) in [6, 6.07) is 5.58. The molecule has 3 N–H and O–H groups in total. The van der Waals surface area contributed by atoms with Crippen LogP contribution in [0.2, 0.25) is 0 Å². The van der Waals surface area contributed by atoms with E-state index in [1.54, 1.807) is 0 Å². The molecule has 3 rings (SSSR count). The van der Waals surface area contributed by atoms with Crippen LogP contribution in [0.25, 0.3) is 10.9 Å². The van der Waals surface area contributed by atoms with E-state index in [0.29, 0.717) is 13.0 Å². The third-order valence-electron chi connectivity index (χ3n) is 5.07. The molecular formula is C18H22F3N3O2. The maximum atomic E-state index is 12.8. The molecule has 0 saturated carbocycles. The molecule has 142 valence electrons. The Morgan fingerprint density at radius 3 is 2.69 bits per heavy atom. The Balaban J connectivity index is 1.52. The van der Waals surface area contributed by atoms with Crippen LogP contribution in [0, 0.1) is 6.92 Å². The van der Waals surface area contributed by atoms with Crippen LogP contribution in [-0.4, -0.2) is 52.4 Å². The van der Waals surface area contributed by atoms with Crippen molar-refractivity contribution in [1.82, 2.24) is 15.2 Å². The minimum absolute atomic E-state index is 0.117. The summed E-state index contributed by atoms with van der Waals surface area (Å²) in [6.45, 7) is 2.18. The predicted molar refractivity (Wildman–Crippen MR) is 92.0 cm³/mol. The van der Waals surface area contributed by atoms with Crippen LogP contribution < -0.4 is 5.32 Å². The topological polar surface area (TPSA) is 68.4 Å². The predicted octanol–water partition coefficient (Wildman–Crippen LogP) is 3.12. The lowest BCUT2D eigenvalue weighted by Gasteiger charge is -2.39. The van der Waals surface area contributed by atoms with Crippen molar-refractivity contribution in [3.8, 4) is 0 Å². The van der Waals surface area contributed by atoms with Gasteiger partial charge in [-0.2, -0.15) is 13.2 Å². The third kappa shape index (κ3) is 3.51. The summed E-state index contributed by atoms with van der Waals surface area (Å²) in [5, 5.41) is 13.5. The summed E-state index contributed by atoms with van der Waals surface area (Å²) in [7, 11) is 0. The molecule has 1 fully saturated rings. The summed E-state index contributed by atoms with van der Waals surface area (Å²) in [6.07, 6.45) is -3.12. The van der Waals surface area contributed by atoms with Gasteiger partial charge in [-0.25, -0.2) is 4.79 Å². The second-order valence-electron chi connectivity index (χ2n) is 6.81. The third-order valence-corrected chi connectivity index (χ3v) is 5.07. The number of aryl methyl sites for hydroxylation is 1.